The number of aldehydes is 1. The first kappa shape index (κ1) is 15.8. The van der Waals surface area contributed by atoms with Gasteiger partial charge in [-0.2, -0.15) is 0 Å². The summed E-state index contributed by atoms with van der Waals surface area (Å²) >= 11 is 0. The monoisotopic (exact) mass is 297 g/mol. The van der Waals surface area contributed by atoms with Gasteiger partial charge in [0.1, 0.15) is 12.0 Å². The molecule has 0 unspecified atom stereocenters. The molecule has 4 heteroatoms. The molecule has 114 valence electrons. The van der Waals surface area contributed by atoms with Crippen molar-refractivity contribution >= 4 is 17.9 Å². The second kappa shape index (κ2) is 7.41. The Hall–Kier alpha value is -2.62. The Kier molecular flexibility index (Phi) is 5.31. The molecule has 0 saturated heterocycles. The van der Waals surface area contributed by atoms with Crippen LogP contribution in [0.1, 0.15) is 35.7 Å². The van der Waals surface area contributed by atoms with Crippen LogP contribution in [0.2, 0.25) is 0 Å². The zero-order valence-corrected chi connectivity index (χ0v) is 12.7. The maximum atomic E-state index is 12.0. The molecule has 0 bridgehead atoms. The smallest absolute Gasteiger partial charge is 0.262 e. The van der Waals surface area contributed by atoms with E-state index in [2.05, 4.69) is 19.2 Å². The number of benzene rings is 2. The zero-order valence-electron chi connectivity index (χ0n) is 12.7. The first-order chi connectivity index (χ1) is 10.6. The average Bonchev–Trinajstić information content (AvgIpc) is 2.53. The summed E-state index contributed by atoms with van der Waals surface area (Å²) in [6, 6.07) is 14.3. The highest BCUT2D eigenvalue weighted by atomic mass is 16.5. The summed E-state index contributed by atoms with van der Waals surface area (Å²) in [5.74, 6) is 0.666. The van der Waals surface area contributed by atoms with Crippen LogP contribution in [0.4, 0.5) is 5.69 Å². The van der Waals surface area contributed by atoms with Crippen molar-refractivity contribution in [1.29, 1.82) is 0 Å². The maximum Gasteiger partial charge on any atom is 0.262 e. The number of hydrogen-bond donors (Lipinski definition) is 1. The minimum absolute atomic E-state index is 0.0765. The van der Waals surface area contributed by atoms with Crippen molar-refractivity contribution in [3.8, 4) is 5.75 Å². The number of carbonyl (C=O) groups excluding carboxylic acids is 2. The van der Waals surface area contributed by atoms with Crippen LogP contribution in [0.3, 0.4) is 0 Å². The van der Waals surface area contributed by atoms with Crippen molar-refractivity contribution < 1.29 is 14.3 Å². The fourth-order valence-corrected chi connectivity index (χ4v) is 2.09. The van der Waals surface area contributed by atoms with E-state index in [1.54, 1.807) is 24.3 Å². The van der Waals surface area contributed by atoms with E-state index < -0.39 is 0 Å². The first-order valence-electron chi connectivity index (χ1n) is 7.17. The average molecular weight is 297 g/mol. The molecule has 0 aromatic heterocycles. The van der Waals surface area contributed by atoms with Gasteiger partial charge in [0, 0.05) is 11.3 Å². The van der Waals surface area contributed by atoms with Gasteiger partial charge in [-0.25, -0.2) is 0 Å². The van der Waals surface area contributed by atoms with Gasteiger partial charge in [0.25, 0.3) is 5.91 Å². The summed E-state index contributed by atoms with van der Waals surface area (Å²) in [4.78, 5) is 22.6. The highest BCUT2D eigenvalue weighted by molar-refractivity contribution is 5.92. The SMILES string of the molecule is CC(C)c1ccccc1NC(=O)COc1ccc(C=O)cc1. The first-order valence-corrected chi connectivity index (χ1v) is 7.17. The van der Waals surface area contributed by atoms with Gasteiger partial charge in [-0.05, 0) is 41.8 Å². The van der Waals surface area contributed by atoms with Gasteiger partial charge in [-0.1, -0.05) is 32.0 Å². The minimum Gasteiger partial charge on any atom is -0.484 e. The number of ether oxygens (including phenoxy) is 1. The predicted molar refractivity (Wildman–Crippen MR) is 86.5 cm³/mol. The molecular weight excluding hydrogens is 278 g/mol. The molecule has 1 N–H and O–H groups in total. The van der Waals surface area contributed by atoms with Crippen LogP contribution in [0.25, 0.3) is 0 Å². The molecule has 0 fully saturated rings. The number of hydrogen-bond acceptors (Lipinski definition) is 3. The summed E-state index contributed by atoms with van der Waals surface area (Å²) in [6.07, 6.45) is 0.763. The summed E-state index contributed by atoms with van der Waals surface area (Å²) in [7, 11) is 0. The van der Waals surface area contributed by atoms with Crippen molar-refractivity contribution in [3.63, 3.8) is 0 Å². The number of carbonyl (C=O) groups is 2. The number of para-hydroxylation sites is 1. The highest BCUT2D eigenvalue weighted by Gasteiger charge is 2.09. The quantitative estimate of drug-likeness (QED) is 0.828. The van der Waals surface area contributed by atoms with Crippen molar-refractivity contribution in [3.05, 3.63) is 59.7 Å². The normalized spacial score (nSPS) is 10.3. The van der Waals surface area contributed by atoms with Gasteiger partial charge >= 0.3 is 0 Å². The molecule has 4 nitrogen and oxygen atoms in total. The molecule has 1 amide bonds. The lowest BCUT2D eigenvalue weighted by Crippen LogP contribution is -2.21. The number of amides is 1. The second-order valence-electron chi connectivity index (χ2n) is 5.27. The lowest BCUT2D eigenvalue weighted by atomic mass is 10.0. The summed E-state index contributed by atoms with van der Waals surface area (Å²) < 4.78 is 5.41. The lowest BCUT2D eigenvalue weighted by Gasteiger charge is -2.14. The molecule has 0 aliphatic carbocycles. The molecule has 2 aromatic carbocycles. The van der Waals surface area contributed by atoms with E-state index in [-0.39, 0.29) is 12.5 Å². The molecule has 2 rings (SSSR count). The van der Waals surface area contributed by atoms with Crippen molar-refractivity contribution in [2.45, 2.75) is 19.8 Å². The van der Waals surface area contributed by atoms with Crippen LogP contribution in [0.5, 0.6) is 5.75 Å². The molecule has 0 aliphatic rings. The van der Waals surface area contributed by atoms with Crippen LogP contribution in [-0.4, -0.2) is 18.8 Å². The number of rotatable bonds is 6. The molecular formula is C18H19NO3. The Bertz CT molecular complexity index is 648. The van der Waals surface area contributed by atoms with E-state index in [1.165, 1.54) is 0 Å². The number of anilines is 1. The summed E-state index contributed by atoms with van der Waals surface area (Å²) in [5.41, 5.74) is 2.47. The van der Waals surface area contributed by atoms with E-state index in [0.29, 0.717) is 17.2 Å². The Morgan fingerprint density at radius 1 is 1.14 bits per heavy atom. The van der Waals surface area contributed by atoms with Crippen LogP contribution < -0.4 is 10.1 Å². The van der Waals surface area contributed by atoms with Crippen LogP contribution >= 0.6 is 0 Å². The molecule has 22 heavy (non-hydrogen) atoms. The van der Waals surface area contributed by atoms with Crippen molar-refractivity contribution in [1.82, 2.24) is 0 Å². The molecule has 0 radical (unpaired) electrons. The van der Waals surface area contributed by atoms with E-state index >= 15 is 0 Å². The Balaban J connectivity index is 1.94. The predicted octanol–water partition coefficient (Wildman–Crippen LogP) is 3.64. The number of nitrogens with one attached hydrogen (secondary N) is 1. The molecule has 0 spiro atoms. The van der Waals surface area contributed by atoms with Crippen molar-refractivity contribution in [2.24, 2.45) is 0 Å². The van der Waals surface area contributed by atoms with Crippen molar-refractivity contribution in [2.75, 3.05) is 11.9 Å². The summed E-state index contributed by atoms with van der Waals surface area (Å²) in [5, 5.41) is 2.86. The van der Waals surface area contributed by atoms with E-state index in [0.717, 1.165) is 17.5 Å². The molecule has 0 aliphatic heterocycles. The van der Waals surface area contributed by atoms with E-state index in [9.17, 15) is 9.59 Å². The molecule has 0 atom stereocenters. The topological polar surface area (TPSA) is 55.4 Å². The standard InChI is InChI=1S/C18H19NO3/c1-13(2)16-5-3-4-6-17(16)19-18(21)12-22-15-9-7-14(11-20)8-10-15/h3-11,13H,12H2,1-2H3,(H,19,21). The van der Waals surface area contributed by atoms with Crippen LogP contribution in [0.15, 0.2) is 48.5 Å². The van der Waals surface area contributed by atoms with Crippen LogP contribution in [-0.2, 0) is 4.79 Å². The Labute approximate surface area is 130 Å². The summed E-state index contributed by atoms with van der Waals surface area (Å²) in [6.45, 7) is 4.08. The van der Waals surface area contributed by atoms with E-state index in [4.69, 9.17) is 4.74 Å². The molecule has 0 saturated carbocycles. The maximum absolute atomic E-state index is 12.0. The fraction of sp³-hybridized carbons (Fsp3) is 0.222. The van der Waals surface area contributed by atoms with Gasteiger partial charge in [-0.3, -0.25) is 9.59 Å². The third-order valence-corrected chi connectivity index (χ3v) is 3.24. The van der Waals surface area contributed by atoms with Gasteiger partial charge in [0.15, 0.2) is 6.61 Å². The largest absolute Gasteiger partial charge is 0.484 e. The Morgan fingerprint density at radius 2 is 1.82 bits per heavy atom. The molecule has 2 aromatic rings. The Morgan fingerprint density at radius 3 is 2.45 bits per heavy atom. The zero-order chi connectivity index (χ0) is 15.9. The molecule has 0 heterocycles. The van der Waals surface area contributed by atoms with Gasteiger partial charge < -0.3 is 10.1 Å². The van der Waals surface area contributed by atoms with Gasteiger partial charge in [0.05, 0.1) is 0 Å². The fourth-order valence-electron chi connectivity index (χ4n) is 2.09. The second-order valence-corrected chi connectivity index (χ2v) is 5.27. The van der Waals surface area contributed by atoms with Gasteiger partial charge in [0.2, 0.25) is 0 Å². The minimum atomic E-state index is -0.215. The van der Waals surface area contributed by atoms with E-state index in [1.807, 2.05) is 24.3 Å². The van der Waals surface area contributed by atoms with Crippen LogP contribution in [0, 0.1) is 0 Å². The third-order valence-electron chi connectivity index (χ3n) is 3.24. The van der Waals surface area contributed by atoms with Gasteiger partial charge in [-0.15, -0.1) is 0 Å². The third kappa shape index (κ3) is 4.19. The lowest BCUT2D eigenvalue weighted by molar-refractivity contribution is -0.118. The highest BCUT2D eigenvalue weighted by Crippen LogP contribution is 2.23.